The summed E-state index contributed by atoms with van der Waals surface area (Å²) in [5, 5.41) is 3.58. The van der Waals surface area contributed by atoms with Gasteiger partial charge < -0.3 is 10.3 Å². The van der Waals surface area contributed by atoms with Crippen molar-refractivity contribution in [2.24, 2.45) is 16.7 Å². The van der Waals surface area contributed by atoms with Crippen LogP contribution in [0.1, 0.15) is 52.1 Å². The molecule has 3 nitrogen and oxygen atoms in total. The third-order valence-electron chi connectivity index (χ3n) is 5.48. The minimum atomic E-state index is 0.397. The van der Waals surface area contributed by atoms with E-state index in [0.717, 1.165) is 30.5 Å². The third kappa shape index (κ3) is 2.33. The average molecular weight is 249 g/mol. The summed E-state index contributed by atoms with van der Waals surface area (Å²) in [6.45, 7) is 13.6. The van der Waals surface area contributed by atoms with Gasteiger partial charge in [0.25, 0.3) is 0 Å². The molecule has 1 saturated carbocycles. The molecule has 0 aliphatic heterocycles. The number of aryl methyl sites for hydroxylation is 1. The highest BCUT2D eigenvalue weighted by molar-refractivity contribution is 5.01. The fourth-order valence-electron chi connectivity index (χ4n) is 3.14. The standard InChI is InChI=1S/C15H27N3/c1-11-6-7-15(5,14(11,3)4)10-16-9-13-17-8-12(2)18-13/h8,11,16H,6-7,9-10H2,1-5H3,(H,17,18)/t11-,15-/m0/s1. The van der Waals surface area contributed by atoms with Crippen molar-refractivity contribution in [3.8, 4) is 0 Å². The predicted octanol–water partition coefficient (Wildman–Crippen LogP) is 3.27. The van der Waals surface area contributed by atoms with E-state index in [9.17, 15) is 0 Å². The molecule has 0 radical (unpaired) electrons. The molecule has 0 bridgehead atoms. The van der Waals surface area contributed by atoms with Crippen LogP contribution < -0.4 is 5.32 Å². The lowest BCUT2D eigenvalue weighted by atomic mass is 9.66. The van der Waals surface area contributed by atoms with Gasteiger partial charge in [-0.1, -0.05) is 27.7 Å². The molecule has 1 heterocycles. The number of imidazole rings is 1. The van der Waals surface area contributed by atoms with Crippen molar-refractivity contribution in [3.63, 3.8) is 0 Å². The summed E-state index contributed by atoms with van der Waals surface area (Å²) in [6.07, 6.45) is 4.57. The minimum Gasteiger partial charge on any atom is -0.345 e. The fraction of sp³-hybridized carbons (Fsp3) is 0.800. The Bertz CT molecular complexity index is 408. The molecule has 2 atom stereocenters. The summed E-state index contributed by atoms with van der Waals surface area (Å²) in [5.74, 6) is 1.86. The quantitative estimate of drug-likeness (QED) is 0.860. The second-order valence-electron chi connectivity index (χ2n) is 6.84. The van der Waals surface area contributed by atoms with Crippen molar-refractivity contribution >= 4 is 0 Å². The Kier molecular flexibility index (Phi) is 3.54. The summed E-state index contributed by atoms with van der Waals surface area (Å²) < 4.78 is 0. The number of hydrogen-bond acceptors (Lipinski definition) is 2. The van der Waals surface area contributed by atoms with Gasteiger partial charge in [-0.3, -0.25) is 0 Å². The molecule has 3 heteroatoms. The van der Waals surface area contributed by atoms with Crippen molar-refractivity contribution < 1.29 is 0 Å². The van der Waals surface area contributed by atoms with Gasteiger partial charge in [0.2, 0.25) is 0 Å². The fourth-order valence-corrected chi connectivity index (χ4v) is 3.14. The first kappa shape index (κ1) is 13.6. The molecule has 1 aliphatic rings. The second kappa shape index (κ2) is 4.69. The average Bonchev–Trinajstić information content (AvgIpc) is 2.78. The molecule has 2 rings (SSSR count). The van der Waals surface area contributed by atoms with Gasteiger partial charge in [0.15, 0.2) is 0 Å². The lowest BCUT2D eigenvalue weighted by molar-refractivity contribution is 0.0938. The number of nitrogens with zero attached hydrogens (tertiary/aromatic N) is 1. The summed E-state index contributed by atoms with van der Waals surface area (Å²) in [5.41, 5.74) is 1.94. The van der Waals surface area contributed by atoms with Gasteiger partial charge in [-0.15, -0.1) is 0 Å². The molecule has 1 aromatic heterocycles. The molecule has 0 amide bonds. The van der Waals surface area contributed by atoms with Gasteiger partial charge in [0.1, 0.15) is 5.82 Å². The number of H-pyrrole nitrogens is 1. The maximum Gasteiger partial charge on any atom is 0.120 e. The molecule has 102 valence electrons. The molecule has 1 aromatic rings. The van der Waals surface area contributed by atoms with Crippen LogP contribution in [0.2, 0.25) is 0 Å². The van der Waals surface area contributed by atoms with Crippen molar-refractivity contribution in [3.05, 3.63) is 17.7 Å². The van der Waals surface area contributed by atoms with Gasteiger partial charge in [0.05, 0.1) is 6.54 Å². The van der Waals surface area contributed by atoms with Crippen LogP contribution in [0, 0.1) is 23.7 Å². The Morgan fingerprint density at radius 2 is 2.17 bits per heavy atom. The topological polar surface area (TPSA) is 40.7 Å². The van der Waals surface area contributed by atoms with E-state index < -0.39 is 0 Å². The van der Waals surface area contributed by atoms with Crippen LogP contribution in [0.15, 0.2) is 6.20 Å². The molecule has 1 fully saturated rings. The molecule has 0 spiro atoms. The van der Waals surface area contributed by atoms with Crippen LogP contribution in [-0.4, -0.2) is 16.5 Å². The van der Waals surface area contributed by atoms with Gasteiger partial charge in [0, 0.05) is 18.4 Å². The number of hydrogen-bond donors (Lipinski definition) is 2. The summed E-state index contributed by atoms with van der Waals surface area (Å²) >= 11 is 0. The van der Waals surface area contributed by atoms with Crippen LogP contribution in [0.5, 0.6) is 0 Å². The molecule has 2 N–H and O–H groups in total. The minimum absolute atomic E-state index is 0.397. The Labute approximate surface area is 111 Å². The van der Waals surface area contributed by atoms with Gasteiger partial charge in [-0.2, -0.15) is 0 Å². The van der Waals surface area contributed by atoms with Crippen molar-refractivity contribution in [1.82, 2.24) is 15.3 Å². The van der Waals surface area contributed by atoms with Crippen LogP contribution in [0.25, 0.3) is 0 Å². The maximum absolute atomic E-state index is 4.34. The zero-order chi connectivity index (χ0) is 13.4. The first-order valence-corrected chi connectivity index (χ1v) is 7.06. The molecule has 1 aliphatic carbocycles. The van der Waals surface area contributed by atoms with Gasteiger partial charge >= 0.3 is 0 Å². The number of aromatic amines is 1. The Balaban J connectivity index is 1.90. The monoisotopic (exact) mass is 249 g/mol. The summed E-state index contributed by atoms with van der Waals surface area (Å²) in [4.78, 5) is 7.61. The Morgan fingerprint density at radius 3 is 2.67 bits per heavy atom. The van der Waals surface area contributed by atoms with Gasteiger partial charge in [-0.05, 0) is 36.5 Å². The predicted molar refractivity (Wildman–Crippen MR) is 75.3 cm³/mol. The van der Waals surface area contributed by atoms with Gasteiger partial charge in [-0.25, -0.2) is 4.98 Å². The molecule has 0 unspecified atom stereocenters. The molecular formula is C15H27N3. The number of nitrogens with one attached hydrogen (secondary N) is 2. The zero-order valence-corrected chi connectivity index (χ0v) is 12.4. The lowest BCUT2D eigenvalue weighted by Crippen LogP contribution is -2.41. The van der Waals surface area contributed by atoms with E-state index in [-0.39, 0.29) is 0 Å². The Morgan fingerprint density at radius 1 is 1.44 bits per heavy atom. The largest absolute Gasteiger partial charge is 0.345 e. The van der Waals surface area contributed by atoms with Crippen molar-refractivity contribution in [1.29, 1.82) is 0 Å². The summed E-state index contributed by atoms with van der Waals surface area (Å²) in [7, 11) is 0. The van der Waals surface area contributed by atoms with E-state index in [2.05, 4.69) is 43.0 Å². The molecule has 0 saturated heterocycles. The van der Waals surface area contributed by atoms with E-state index in [1.54, 1.807) is 0 Å². The first-order valence-electron chi connectivity index (χ1n) is 7.06. The molecule has 18 heavy (non-hydrogen) atoms. The van der Waals surface area contributed by atoms with E-state index in [1.807, 2.05) is 13.1 Å². The second-order valence-corrected chi connectivity index (χ2v) is 6.84. The van der Waals surface area contributed by atoms with E-state index >= 15 is 0 Å². The highest BCUT2D eigenvalue weighted by Gasteiger charge is 2.48. The van der Waals surface area contributed by atoms with Crippen LogP contribution in [0.4, 0.5) is 0 Å². The van der Waals surface area contributed by atoms with Crippen LogP contribution in [0.3, 0.4) is 0 Å². The van der Waals surface area contributed by atoms with Crippen LogP contribution >= 0.6 is 0 Å². The first-order chi connectivity index (χ1) is 8.35. The van der Waals surface area contributed by atoms with E-state index in [0.29, 0.717) is 10.8 Å². The smallest absolute Gasteiger partial charge is 0.120 e. The normalized spacial score (nSPS) is 30.8. The highest BCUT2D eigenvalue weighted by Crippen LogP contribution is 2.55. The zero-order valence-electron chi connectivity index (χ0n) is 12.4. The third-order valence-corrected chi connectivity index (χ3v) is 5.48. The number of rotatable bonds is 4. The summed E-state index contributed by atoms with van der Waals surface area (Å²) in [6, 6.07) is 0. The highest BCUT2D eigenvalue weighted by atomic mass is 15.0. The van der Waals surface area contributed by atoms with E-state index in [1.165, 1.54) is 12.8 Å². The van der Waals surface area contributed by atoms with Crippen LogP contribution in [-0.2, 0) is 6.54 Å². The van der Waals surface area contributed by atoms with Crippen molar-refractivity contribution in [2.75, 3.05) is 6.54 Å². The van der Waals surface area contributed by atoms with Crippen molar-refractivity contribution in [2.45, 2.75) is 54.0 Å². The molecular weight excluding hydrogens is 222 g/mol. The SMILES string of the molecule is Cc1cnc(CNC[C@]2(C)CC[C@H](C)C2(C)C)[nH]1. The Hall–Kier alpha value is -0.830. The molecule has 0 aromatic carbocycles. The van der Waals surface area contributed by atoms with E-state index in [4.69, 9.17) is 0 Å². The lowest BCUT2D eigenvalue weighted by Gasteiger charge is -2.41. The maximum atomic E-state index is 4.34. The number of aromatic nitrogens is 2.